The summed E-state index contributed by atoms with van der Waals surface area (Å²) < 4.78 is 0. The van der Waals surface area contributed by atoms with Crippen molar-refractivity contribution in [2.45, 2.75) is 52.0 Å². The summed E-state index contributed by atoms with van der Waals surface area (Å²) in [6, 6.07) is 11.3. The zero-order chi connectivity index (χ0) is 15.0. The quantitative estimate of drug-likeness (QED) is 0.886. The van der Waals surface area contributed by atoms with Crippen LogP contribution < -0.4 is 5.73 Å². The molecule has 21 heavy (non-hydrogen) atoms. The molecule has 3 atom stereocenters. The van der Waals surface area contributed by atoms with Gasteiger partial charge in [0.05, 0.1) is 5.52 Å². The molecule has 2 N–H and O–H groups in total. The van der Waals surface area contributed by atoms with E-state index >= 15 is 0 Å². The first-order valence-corrected chi connectivity index (χ1v) is 8.17. The van der Waals surface area contributed by atoms with Crippen molar-refractivity contribution < 1.29 is 0 Å². The highest BCUT2D eigenvalue weighted by molar-refractivity contribution is 5.79. The van der Waals surface area contributed by atoms with Gasteiger partial charge in [-0.3, -0.25) is 4.98 Å². The zero-order valence-corrected chi connectivity index (χ0v) is 13.3. The third kappa shape index (κ3) is 2.96. The molecule has 0 aliphatic heterocycles. The normalized spacial score (nSPS) is 26.4. The van der Waals surface area contributed by atoms with Crippen molar-refractivity contribution >= 4 is 10.9 Å². The van der Waals surface area contributed by atoms with E-state index in [1.165, 1.54) is 23.8 Å². The molecule has 2 nitrogen and oxygen atoms in total. The van der Waals surface area contributed by atoms with Gasteiger partial charge in [-0.05, 0) is 67.7 Å². The van der Waals surface area contributed by atoms with Crippen molar-refractivity contribution in [1.29, 1.82) is 0 Å². The van der Waals surface area contributed by atoms with Crippen LogP contribution in [0.4, 0.5) is 0 Å². The van der Waals surface area contributed by atoms with Gasteiger partial charge in [-0.1, -0.05) is 26.0 Å². The Bertz CT molecular complexity index is 632. The minimum absolute atomic E-state index is 0.302. The Labute approximate surface area is 127 Å². The topological polar surface area (TPSA) is 38.9 Å². The molecule has 1 heterocycles. The summed E-state index contributed by atoms with van der Waals surface area (Å²) >= 11 is 0. The van der Waals surface area contributed by atoms with Crippen LogP contribution in [0.3, 0.4) is 0 Å². The van der Waals surface area contributed by atoms with Crippen LogP contribution in [0.1, 0.15) is 50.3 Å². The molecule has 0 bridgehead atoms. The highest BCUT2D eigenvalue weighted by Gasteiger charge is 2.30. The van der Waals surface area contributed by atoms with Crippen molar-refractivity contribution in [2.24, 2.45) is 17.6 Å². The van der Waals surface area contributed by atoms with E-state index in [2.05, 4.69) is 49.2 Å². The van der Waals surface area contributed by atoms with Gasteiger partial charge < -0.3 is 5.73 Å². The number of aromatic nitrogens is 1. The van der Waals surface area contributed by atoms with E-state index in [0.717, 1.165) is 29.5 Å². The number of hydrogen-bond acceptors (Lipinski definition) is 2. The summed E-state index contributed by atoms with van der Waals surface area (Å²) in [5, 5.41) is 1.23. The van der Waals surface area contributed by atoms with E-state index in [1.54, 1.807) is 0 Å². The SMILES string of the molecule is Cc1ccc2cc(C3CC(C(C)C)CCC3N)ccc2n1. The maximum atomic E-state index is 6.43. The van der Waals surface area contributed by atoms with Crippen LogP contribution in [-0.4, -0.2) is 11.0 Å². The van der Waals surface area contributed by atoms with Gasteiger partial charge >= 0.3 is 0 Å². The van der Waals surface area contributed by atoms with Crippen molar-refractivity contribution in [3.63, 3.8) is 0 Å². The Morgan fingerprint density at radius 2 is 1.95 bits per heavy atom. The number of rotatable bonds is 2. The third-order valence-electron chi connectivity index (χ3n) is 5.17. The number of benzene rings is 1. The molecule has 3 rings (SSSR count). The highest BCUT2D eigenvalue weighted by Crippen LogP contribution is 2.39. The smallest absolute Gasteiger partial charge is 0.0705 e. The Hall–Kier alpha value is -1.41. The van der Waals surface area contributed by atoms with Gasteiger partial charge in [-0.15, -0.1) is 0 Å². The minimum Gasteiger partial charge on any atom is -0.327 e. The fraction of sp³-hybridized carbons (Fsp3) is 0.526. The molecule has 1 saturated carbocycles. The second-order valence-electron chi connectivity index (χ2n) is 6.99. The molecule has 0 amide bonds. The van der Waals surface area contributed by atoms with Gasteiger partial charge in [0.1, 0.15) is 0 Å². The molecular weight excluding hydrogens is 256 g/mol. The maximum absolute atomic E-state index is 6.43. The first kappa shape index (κ1) is 14.5. The molecule has 1 aliphatic rings. The van der Waals surface area contributed by atoms with Gasteiger partial charge in [0.2, 0.25) is 0 Å². The van der Waals surface area contributed by atoms with Crippen LogP contribution in [0.15, 0.2) is 30.3 Å². The summed E-state index contributed by atoms with van der Waals surface area (Å²) in [4.78, 5) is 4.59. The Morgan fingerprint density at radius 1 is 1.14 bits per heavy atom. The van der Waals surface area contributed by atoms with Crippen molar-refractivity contribution in [3.8, 4) is 0 Å². The Morgan fingerprint density at radius 3 is 2.71 bits per heavy atom. The van der Waals surface area contributed by atoms with E-state index in [1.807, 2.05) is 6.92 Å². The molecule has 1 aromatic heterocycles. The van der Waals surface area contributed by atoms with Crippen molar-refractivity contribution in [2.75, 3.05) is 0 Å². The molecule has 1 aliphatic carbocycles. The average molecular weight is 282 g/mol. The number of hydrogen-bond donors (Lipinski definition) is 1. The monoisotopic (exact) mass is 282 g/mol. The fourth-order valence-electron chi connectivity index (χ4n) is 3.69. The van der Waals surface area contributed by atoms with Crippen LogP contribution in [0.5, 0.6) is 0 Å². The summed E-state index contributed by atoms with van der Waals surface area (Å²) in [7, 11) is 0. The van der Waals surface area contributed by atoms with Crippen LogP contribution in [-0.2, 0) is 0 Å². The third-order valence-corrected chi connectivity index (χ3v) is 5.17. The van der Waals surface area contributed by atoms with E-state index < -0.39 is 0 Å². The lowest BCUT2D eigenvalue weighted by Crippen LogP contribution is -2.35. The summed E-state index contributed by atoms with van der Waals surface area (Å²) in [5.74, 6) is 2.06. The second kappa shape index (κ2) is 5.76. The lowest BCUT2D eigenvalue weighted by Gasteiger charge is -2.36. The molecule has 0 spiro atoms. The number of fused-ring (bicyclic) bond motifs is 1. The zero-order valence-electron chi connectivity index (χ0n) is 13.3. The number of pyridine rings is 1. The Balaban J connectivity index is 1.92. The Kier molecular flexibility index (Phi) is 3.99. The molecule has 2 heteroatoms. The van der Waals surface area contributed by atoms with Crippen LogP contribution in [0, 0.1) is 18.8 Å². The van der Waals surface area contributed by atoms with Crippen molar-refractivity contribution in [3.05, 3.63) is 41.6 Å². The van der Waals surface area contributed by atoms with Crippen LogP contribution in [0.25, 0.3) is 10.9 Å². The van der Waals surface area contributed by atoms with E-state index in [9.17, 15) is 0 Å². The van der Waals surface area contributed by atoms with Crippen LogP contribution in [0.2, 0.25) is 0 Å². The van der Waals surface area contributed by atoms with E-state index in [0.29, 0.717) is 12.0 Å². The van der Waals surface area contributed by atoms with E-state index in [-0.39, 0.29) is 0 Å². The van der Waals surface area contributed by atoms with E-state index in [4.69, 9.17) is 5.73 Å². The number of nitrogens with two attached hydrogens (primary N) is 1. The molecule has 1 aromatic carbocycles. The first-order valence-electron chi connectivity index (χ1n) is 8.17. The number of nitrogens with zero attached hydrogens (tertiary/aromatic N) is 1. The largest absolute Gasteiger partial charge is 0.327 e. The highest BCUT2D eigenvalue weighted by atomic mass is 14.7. The predicted octanol–water partition coefficient (Wildman–Crippen LogP) is 4.41. The molecule has 0 saturated heterocycles. The molecular formula is C19H26N2. The predicted molar refractivity (Wildman–Crippen MR) is 89.4 cm³/mol. The van der Waals surface area contributed by atoms with Gasteiger partial charge in [0.25, 0.3) is 0 Å². The van der Waals surface area contributed by atoms with Gasteiger partial charge in [0.15, 0.2) is 0 Å². The summed E-state index contributed by atoms with van der Waals surface area (Å²) in [6.07, 6.45) is 3.66. The lowest BCUT2D eigenvalue weighted by atomic mass is 9.71. The molecule has 0 radical (unpaired) electrons. The van der Waals surface area contributed by atoms with Crippen molar-refractivity contribution in [1.82, 2.24) is 4.98 Å². The number of aryl methyl sites for hydroxylation is 1. The first-order chi connectivity index (χ1) is 10.0. The molecule has 2 aromatic rings. The lowest BCUT2D eigenvalue weighted by molar-refractivity contribution is 0.232. The average Bonchev–Trinajstić information content (AvgIpc) is 2.47. The standard InChI is InChI=1S/C19H26N2/c1-12(2)14-6-8-18(20)17(11-14)15-7-9-19-16(10-15)5-4-13(3)21-19/h4-5,7,9-10,12,14,17-18H,6,8,11,20H2,1-3H3. The molecule has 1 fully saturated rings. The summed E-state index contributed by atoms with van der Waals surface area (Å²) in [5.41, 5.74) is 9.98. The molecule has 112 valence electrons. The van der Waals surface area contributed by atoms with Crippen LogP contribution >= 0.6 is 0 Å². The van der Waals surface area contributed by atoms with Gasteiger partial charge in [-0.2, -0.15) is 0 Å². The van der Waals surface area contributed by atoms with Gasteiger partial charge in [0, 0.05) is 17.1 Å². The molecule has 3 unspecified atom stereocenters. The summed E-state index contributed by atoms with van der Waals surface area (Å²) in [6.45, 7) is 6.72. The second-order valence-corrected chi connectivity index (χ2v) is 6.99. The fourth-order valence-corrected chi connectivity index (χ4v) is 3.69. The maximum Gasteiger partial charge on any atom is 0.0705 e. The minimum atomic E-state index is 0.302. The van der Waals surface area contributed by atoms with Gasteiger partial charge in [-0.25, -0.2) is 0 Å².